The zero-order valence-corrected chi connectivity index (χ0v) is 11.0. The molecule has 2 nitrogen and oxygen atoms in total. The van der Waals surface area contributed by atoms with Crippen LogP contribution in [0, 0.1) is 0 Å². The van der Waals surface area contributed by atoms with Crippen LogP contribution in [0.2, 0.25) is 0 Å². The fourth-order valence-corrected chi connectivity index (χ4v) is 2.36. The molecular weight excluding hydrogens is 228 g/mol. The Morgan fingerprint density at radius 2 is 2.00 bits per heavy atom. The molecule has 0 spiro atoms. The van der Waals surface area contributed by atoms with Crippen LogP contribution < -0.4 is 0 Å². The minimum Gasteiger partial charge on any atom is -0.272 e. The van der Waals surface area contributed by atoms with E-state index in [1.54, 1.807) is 0 Å². The van der Waals surface area contributed by atoms with E-state index in [-0.39, 0.29) is 0 Å². The van der Waals surface area contributed by atoms with Gasteiger partial charge in [-0.25, -0.2) is 0 Å². The Morgan fingerprint density at radius 3 is 2.76 bits per heavy atom. The Bertz CT molecular complexity index is 436. The van der Waals surface area contributed by atoms with Crippen LogP contribution in [-0.4, -0.2) is 21.3 Å². The van der Waals surface area contributed by atoms with Crippen molar-refractivity contribution in [3.8, 4) is 11.1 Å². The smallest absolute Gasteiger partial charge is 0.0568 e. The van der Waals surface area contributed by atoms with Gasteiger partial charge in [-0.1, -0.05) is 37.3 Å². The molecule has 17 heavy (non-hydrogen) atoms. The van der Waals surface area contributed by atoms with Gasteiger partial charge in [0.25, 0.3) is 0 Å². The van der Waals surface area contributed by atoms with Crippen molar-refractivity contribution in [1.82, 2.24) is 9.78 Å². The van der Waals surface area contributed by atoms with E-state index in [1.165, 1.54) is 29.1 Å². The fraction of sp³-hybridized carbons (Fsp3) is 0.357. The highest BCUT2D eigenvalue weighted by Gasteiger charge is 2.00. The van der Waals surface area contributed by atoms with Gasteiger partial charge in [-0.05, 0) is 23.5 Å². The molecule has 90 valence electrons. The van der Waals surface area contributed by atoms with Crippen molar-refractivity contribution < 1.29 is 0 Å². The van der Waals surface area contributed by atoms with Gasteiger partial charge in [0.1, 0.15) is 0 Å². The fourth-order valence-electron chi connectivity index (χ4n) is 1.74. The molecule has 1 heterocycles. The van der Waals surface area contributed by atoms with E-state index in [4.69, 9.17) is 0 Å². The van der Waals surface area contributed by atoms with Crippen LogP contribution in [0.4, 0.5) is 0 Å². The number of aromatic nitrogens is 2. The first-order valence-electron chi connectivity index (χ1n) is 6.06. The van der Waals surface area contributed by atoms with E-state index in [0.717, 1.165) is 6.54 Å². The number of rotatable bonds is 6. The van der Waals surface area contributed by atoms with Crippen molar-refractivity contribution >= 4 is 11.8 Å². The van der Waals surface area contributed by atoms with Gasteiger partial charge < -0.3 is 0 Å². The average molecular weight is 246 g/mol. The minimum absolute atomic E-state index is 1.01. The van der Waals surface area contributed by atoms with Crippen molar-refractivity contribution in [3.63, 3.8) is 0 Å². The van der Waals surface area contributed by atoms with Crippen molar-refractivity contribution in [2.45, 2.75) is 19.9 Å². The second-order valence-electron chi connectivity index (χ2n) is 3.91. The summed E-state index contributed by atoms with van der Waals surface area (Å²) in [5, 5.41) is 4.40. The molecule has 1 aromatic carbocycles. The highest BCUT2D eigenvalue weighted by molar-refractivity contribution is 7.99. The summed E-state index contributed by atoms with van der Waals surface area (Å²) >= 11 is 1.99. The lowest BCUT2D eigenvalue weighted by Crippen LogP contribution is -1.99. The van der Waals surface area contributed by atoms with E-state index in [9.17, 15) is 0 Å². The summed E-state index contributed by atoms with van der Waals surface area (Å²) in [6, 6.07) is 10.4. The Labute approximate surface area is 107 Å². The molecule has 0 atom stereocenters. The van der Waals surface area contributed by atoms with Crippen molar-refractivity contribution in [3.05, 3.63) is 42.7 Å². The molecule has 0 fully saturated rings. The first kappa shape index (κ1) is 12.2. The first-order valence-corrected chi connectivity index (χ1v) is 7.21. The van der Waals surface area contributed by atoms with E-state index >= 15 is 0 Å². The SMILES string of the molecule is CCSCCCn1cc(-c2ccccc2)cn1. The lowest BCUT2D eigenvalue weighted by atomic mass is 10.1. The van der Waals surface area contributed by atoms with Crippen LogP contribution in [0.1, 0.15) is 13.3 Å². The van der Waals surface area contributed by atoms with E-state index < -0.39 is 0 Å². The van der Waals surface area contributed by atoms with Crippen LogP contribution >= 0.6 is 11.8 Å². The molecule has 3 heteroatoms. The second kappa shape index (κ2) is 6.50. The van der Waals surface area contributed by atoms with Gasteiger partial charge in [-0.2, -0.15) is 16.9 Å². The molecule has 0 aliphatic carbocycles. The zero-order chi connectivity index (χ0) is 11.9. The summed E-state index contributed by atoms with van der Waals surface area (Å²) in [5.74, 6) is 2.42. The lowest BCUT2D eigenvalue weighted by Gasteiger charge is -2.00. The maximum atomic E-state index is 4.40. The summed E-state index contributed by atoms with van der Waals surface area (Å²) in [4.78, 5) is 0. The molecule has 0 saturated carbocycles. The number of benzene rings is 1. The molecular formula is C14H18N2S. The predicted molar refractivity (Wildman–Crippen MR) is 75.3 cm³/mol. The molecule has 0 amide bonds. The normalized spacial score (nSPS) is 10.6. The number of aryl methyl sites for hydroxylation is 1. The third-order valence-corrected chi connectivity index (χ3v) is 3.61. The van der Waals surface area contributed by atoms with E-state index in [0.29, 0.717) is 0 Å². The standard InChI is InChI=1S/C14H18N2S/c1-2-17-10-6-9-16-12-14(11-15-16)13-7-4-3-5-8-13/h3-5,7-8,11-12H,2,6,9-10H2,1H3. The number of nitrogens with zero attached hydrogens (tertiary/aromatic N) is 2. The summed E-state index contributed by atoms with van der Waals surface area (Å²) in [5.41, 5.74) is 2.44. The quantitative estimate of drug-likeness (QED) is 0.723. The van der Waals surface area contributed by atoms with Gasteiger partial charge >= 0.3 is 0 Å². The summed E-state index contributed by atoms with van der Waals surface area (Å²) in [6.07, 6.45) is 5.27. The van der Waals surface area contributed by atoms with Crippen molar-refractivity contribution in [2.24, 2.45) is 0 Å². The summed E-state index contributed by atoms with van der Waals surface area (Å²) in [6.45, 7) is 3.21. The third-order valence-electron chi connectivity index (χ3n) is 2.62. The van der Waals surface area contributed by atoms with Gasteiger partial charge in [-0.3, -0.25) is 4.68 Å². The molecule has 0 N–H and O–H groups in total. The summed E-state index contributed by atoms with van der Waals surface area (Å²) in [7, 11) is 0. The van der Waals surface area contributed by atoms with Crippen LogP contribution in [0.3, 0.4) is 0 Å². The highest BCUT2D eigenvalue weighted by Crippen LogP contribution is 2.17. The maximum absolute atomic E-state index is 4.40. The van der Waals surface area contributed by atoms with Crippen molar-refractivity contribution in [1.29, 1.82) is 0 Å². The Balaban J connectivity index is 1.92. The van der Waals surface area contributed by atoms with Crippen LogP contribution in [0.5, 0.6) is 0 Å². The predicted octanol–water partition coefficient (Wildman–Crippen LogP) is 3.69. The average Bonchev–Trinajstić information content (AvgIpc) is 2.85. The molecule has 2 aromatic rings. The van der Waals surface area contributed by atoms with Crippen LogP contribution in [0.25, 0.3) is 11.1 Å². The van der Waals surface area contributed by atoms with Gasteiger partial charge in [-0.15, -0.1) is 0 Å². The van der Waals surface area contributed by atoms with Crippen LogP contribution in [0.15, 0.2) is 42.7 Å². The Kier molecular flexibility index (Phi) is 4.68. The number of thioether (sulfide) groups is 1. The molecule has 0 radical (unpaired) electrons. The van der Waals surface area contributed by atoms with E-state index in [2.05, 4.69) is 42.5 Å². The van der Waals surface area contributed by atoms with E-state index in [1.807, 2.05) is 28.7 Å². The third kappa shape index (κ3) is 3.63. The number of hydrogen-bond acceptors (Lipinski definition) is 2. The first-order chi connectivity index (χ1) is 8.40. The van der Waals surface area contributed by atoms with Gasteiger partial charge in [0.15, 0.2) is 0 Å². The van der Waals surface area contributed by atoms with Crippen LogP contribution in [-0.2, 0) is 6.54 Å². The molecule has 1 aromatic heterocycles. The van der Waals surface area contributed by atoms with Gasteiger partial charge in [0.05, 0.1) is 6.20 Å². The van der Waals surface area contributed by atoms with Gasteiger partial charge in [0, 0.05) is 18.3 Å². The molecule has 0 saturated heterocycles. The zero-order valence-electron chi connectivity index (χ0n) is 10.2. The topological polar surface area (TPSA) is 17.8 Å². The monoisotopic (exact) mass is 246 g/mol. The van der Waals surface area contributed by atoms with Crippen molar-refractivity contribution in [2.75, 3.05) is 11.5 Å². The molecule has 0 aliphatic heterocycles. The number of hydrogen-bond donors (Lipinski definition) is 0. The minimum atomic E-state index is 1.01. The molecule has 0 aliphatic rings. The Morgan fingerprint density at radius 1 is 1.18 bits per heavy atom. The largest absolute Gasteiger partial charge is 0.272 e. The Hall–Kier alpha value is -1.22. The van der Waals surface area contributed by atoms with Gasteiger partial charge in [0.2, 0.25) is 0 Å². The molecule has 0 unspecified atom stereocenters. The molecule has 2 rings (SSSR count). The lowest BCUT2D eigenvalue weighted by molar-refractivity contribution is 0.606. The summed E-state index contributed by atoms with van der Waals surface area (Å²) < 4.78 is 2.04. The second-order valence-corrected chi connectivity index (χ2v) is 5.30. The molecule has 0 bridgehead atoms. The highest BCUT2D eigenvalue weighted by atomic mass is 32.2. The maximum Gasteiger partial charge on any atom is 0.0568 e.